The van der Waals surface area contributed by atoms with Crippen LogP contribution in [-0.4, -0.2) is 31.3 Å². The average molecular weight is 217 g/mol. The molecule has 4 heteroatoms. The van der Waals surface area contributed by atoms with Gasteiger partial charge in [0.2, 0.25) is 0 Å². The molecule has 1 atom stereocenters. The van der Waals surface area contributed by atoms with Gasteiger partial charge >= 0.3 is 5.97 Å². The predicted octanol–water partition coefficient (Wildman–Crippen LogP) is 1.63. The Kier molecular flexibility index (Phi) is 9.52. The Hall–Kier alpha value is -0.610. The molecule has 4 nitrogen and oxygen atoms in total. The molecule has 0 aromatic heterocycles. The highest BCUT2D eigenvalue weighted by atomic mass is 16.5. The van der Waals surface area contributed by atoms with Gasteiger partial charge in [-0.05, 0) is 32.2 Å². The second-order valence-corrected chi connectivity index (χ2v) is 3.81. The first-order chi connectivity index (χ1) is 7.22. The van der Waals surface area contributed by atoms with Gasteiger partial charge in [0.1, 0.15) is 0 Å². The summed E-state index contributed by atoms with van der Waals surface area (Å²) in [5.74, 6) is -0.877. The zero-order chi connectivity index (χ0) is 11.5. The van der Waals surface area contributed by atoms with Crippen molar-refractivity contribution >= 4 is 5.97 Å². The van der Waals surface area contributed by atoms with E-state index in [1.165, 1.54) is 0 Å². The molecule has 0 heterocycles. The van der Waals surface area contributed by atoms with Gasteiger partial charge in [0.05, 0.1) is 5.92 Å². The van der Waals surface area contributed by atoms with E-state index in [9.17, 15) is 4.79 Å². The summed E-state index contributed by atoms with van der Waals surface area (Å²) in [4.78, 5) is 10.9. The lowest BCUT2D eigenvalue weighted by Crippen LogP contribution is -2.14. The summed E-state index contributed by atoms with van der Waals surface area (Å²) in [7, 11) is 1.66. The number of unbranched alkanes of at least 4 members (excludes halogenated alkanes) is 2. The van der Waals surface area contributed by atoms with Crippen molar-refractivity contribution < 1.29 is 14.6 Å². The summed E-state index contributed by atoms with van der Waals surface area (Å²) in [6.07, 6.45) is 5.20. The maximum atomic E-state index is 10.9. The number of carboxylic acid groups (broad SMARTS) is 1. The van der Waals surface area contributed by atoms with Crippen LogP contribution in [0, 0.1) is 5.92 Å². The fraction of sp³-hybridized carbons (Fsp3) is 0.909. The van der Waals surface area contributed by atoms with Crippen molar-refractivity contribution in [3.63, 3.8) is 0 Å². The van der Waals surface area contributed by atoms with Crippen molar-refractivity contribution in [3.05, 3.63) is 0 Å². The Morgan fingerprint density at radius 3 is 2.33 bits per heavy atom. The summed E-state index contributed by atoms with van der Waals surface area (Å²) in [6, 6.07) is 0. The summed E-state index contributed by atoms with van der Waals surface area (Å²) in [5.41, 5.74) is 5.37. The van der Waals surface area contributed by atoms with Gasteiger partial charge in [0, 0.05) is 13.7 Å². The van der Waals surface area contributed by atoms with Crippen molar-refractivity contribution in [2.45, 2.75) is 38.5 Å². The van der Waals surface area contributed by atoms with Crippen LogP contribution in [0.25, 0.3) is 0 Å². The number of carboxylic acids is 1. The van der Waals surface area contributed by atoms with Crippen molar-refractivity contribution in [1.29, 1.82) is 0 Å². The third-order valence-electron chi connectivity index (χ3n) is 2.51. The lowest BCUT2D eigenvalue weighted by molar-refractivity contribution is -0.142. The van der Waals surface area contributed by atoms with Gasteiger partial charge in [-0.25, -0.2) is 0 Å². The van der Waals surface area contributed by atoms with Gasteiger partial charge in [-0.3, -0.25) is 4.79 Å². The Labute approximate surface area is 91.8 Å². The molecule has 0 fully saturated rings. The molecule has 0 aliphatic heterocycles. The van der Waals surface area contributed by atoms with Crippen LogP contribution < -0.4 is 5.73 Å². The van der Waals surface area contributed by atoms with Gasteiger partial charge in [0.25, 0.3) is 0 Å². The minimum atomic E-state index is -0.676. The number of nitrogens with two attached hydrogens (primary N) is 1. The molecule has 0 rings (SSSR count). The molecule has 0 aromatic rings. The zero-order valence-corrected chi connectivity index (χ0v) is 9.58. The number of ether oxygens (including phenoxy) is 1. The van der Waals surface area contributed by atoms with E-state index < -0.39 is 5.97 Å². The fourth-order valence-corrected chi connectivity index (χ4v) is 1.56. The SMILES string of the molecule is COCCCCC(CCCCN)C(=O)O. The quantitative estimate of drug-likeness (QED) is 0.545. The molecule has 0 aliphatic rings. The first kappa shape index (κ1) is 14.4. The molecule has 15 heavy (non-hydrogen) atoms. The van der Waals surface area contributed by atoms with Crippen LogP contribution >= 0.6 is 0 Å². The number of carbonyl (C=O) groups is 1. The maximum Gasteiger partial charge on any atom is 0.306 e. The molecule has 0 amide bonds. The predicted molar refractivity (Wildman–Crippen MR) is 59.8 cm³/mol. The van der Waals surface area contributed by atoms with E-state index in [1.54, 1.807) is 7.11 Å². The number of hydrogen-bond donors (Lipinski definition) is 2. The number of hydrogen-bond acceptors (Lipinski definition) is 3. The monoisotopic (exact) mass is 217 g/mol. The fourth-order valence-electron chi connectivity index (χ4n) is 1.56. The first-order valence-electron chi connectivity index (χ1n) is 5.64. The van der Waals surface area contributed by atoms with Crippen molar-refractivity contribution in [3.8, 4) is 0 Å². The van der Waals surface area contributed by atoms with Crippen LogP contribution in [0.15, 0.2) is 0 Å². The van der Waals surface area contributed by atoms with E-state index in [1.807, 2.05) is 0 Å². The second-order valence-electron chi connectivity index (χ2n) is 3.81. The molecule has 1 unspecified atom stereocenters. The Bertz CT molecular complexity index is 162. The van der Waals surface area contributed by atoms with Crippen LogP contribution in [0.2, 0.25) is 0 Å². The van der Waals surface area contributed by atoms with Crippen LogP contribution in [0.1, 0.15) is 38.5 Å². The van der Waals surface area contributed by atoms with E-state index in [0.717, 1.165) is 45.1 Å². The molecule has 0 saturated heterocycles. The largest absolute Gasteiger partial charge is 0.481 e. The van der Waals surface area contributed by atoms with Gasteiger partial charge in [0.15, 0.2) is 0 Å². The van der Waals surface area contributed by atoms with Crippen molar-refractivity contribution in [2.75, 3.05) is 20.3 Å². The molecule has 3 N–H and O–H groups in total. The summed E-state index contributed by atoms with van der Waals surface area (Å²) in [6.45, 7) is 1.37. The molecule has 90 valence electrons. The van der Waals surface area contributed by atoms with E-state index >= 15 is 0 Å². The Balaban J connectivity index is 3.59. The van der Waals surface area contributed by atoms with Gasteiger partial charge in [-0.1, -0.05) is 12.8 Å². The van der Waals surface area contributed by atoms with Crippen LogP contribution in [0.5, 0.6) is 0 Å². The van der Waals surface area contributed by atoms with Crippen LogP contribution in [-0.2, 0) is 9.53 Å². The Morgan fingerprint density at radius 2 is 1.87 bits per heavy atom. The van der Waals surface area contributed by atoms with Gasteiger partial charge in [-0.2, -0.15) is 0 Å². The highest BCUT2D eigenvalue weighted by Gasteiger charge is 2.15. The summed E-state index contributed by atoms with van der Waals surface area (Å²) >= 11 is 0. The molecule has 0 radical (unpaired) electrons. The molecule has 0 saturated carbocycles. The standard InChI is InChI=1S/C11H23NO3/c1-15-9-5-3-7-10(11(13)14)6-2-4-8-12/h10H,2-9,12H2,1H3,(H,13,14). The lowest BCUT2D eigenvalue weighted by Gasteiger charge is -2.11. The molecule has 0 spiro atoms. The minimum absolute atomic E-state index is 0.201. The van der Waals surface area contributed by atoms with E-state index in [2.05, 4.69) is 0 Å². The van der Waals surface area contributed by atoms with E-state index in [4.69, 9.17) is 15.6 Å². The van der Waals surface area contributed by atoms with Crippen LogP contribution in [0.3, 0.4) is 0 Å². The lowest BCUT2D eigenvalue weighted by atomic mass is 9.96. The average Bonchev–Trinajstić information content (AvgIpc) is 2.21. The summed E-state index contributed by atoms with van der Waals surface area (Å²) in [5, 5.41) is 8.97. The molecular weight excluding hydrogens is 194 g/mol. The topological polar surface area (TPSA) is 72.5 Å². The third-order valence-corrected chi connectivity index (χ3v) is 2.51. The summed E-state index contributed by atoms with van der Waals surface area (Å²) < 4.78 is 4.92. The minimum Gasteiger partial charge on any atom is -0.481 e. The number of rotatable bonds is 10. The zero-order valence-electron chi connectivity index (χ0n) is 9.58. The van der Waals surface area contributed by atoms with Crippen molar-refractivity contribution in [2.24, 2.45) is 11.7 Å². The highest BCUT2D eigenvalue weighted by Crippen LogP contribution is 2.16. The van der Waals surface area contributed by atoms with E-state index in [0.29, 0.717) is 6.54 Å². The van der Waals surface area contributed by atoms with Gasteiger partial charge < -0.3 is 15.6 Å². The highest BCUT2D eigenvalue weighted by molar-refractivity contribution is 5.69. The second kappa shape index (κ2) is 9.93. The molecule has 0 aliphatic carbocycles. The molecule has 0 bridgehead atoms. The van der Waals surface area contributed by atoms with E-state index in [-0.39, 0.29) is 5.92 Å². The van der Waals surface area contributed by atoms with Crippen LogP contribution in [0.4, 0.5) is 0 Å². The molecule has 0 aromatic carbocycles. The molecular formula is C11H23NO3. The van der Waals surface area contributed by atoms with Gasteiger partial charge in [-0.15, -0.1) is 0 Å². The van der Waals surface area contributed by atoms with Crippen molar-refractivity contribution in [1.82, 2.24) is 0 Å². The smallest absolute Gasteiger partial charge is 0.306 e. The number of aliphatic carboxylic acids is 1. The Morgan fingerprint density at radius 1 is 1.27 bits per heavy atom. The third kappa shape index (κ3) is 8.39. The maximum absolute atomic E-state index is 10.9. The normalized spacial score (nSPS) is 12.7. The number of methoxy groups -OCH3 is 1. The first-order valence-corrected chi connectivity index (χ1v) is 5.64.